The number of aromatic nitrogens is 4. The third-order valence-corrected chi connectivity index (χ3v) is 10.7. The Morgan fingerprint density at radius 3 is 1.69 bits per heavy atom. The molecule has 0 aliphatic carbocycles. The molecule has 0 unspecified atom stereocenters. The van der Waals surface area contributed by atoms with Crippen molar-refractivity contribution in [3.8, 4) is 56.5 Å². The summed E-state index contributed by atoms with van der Waals surface area (Å²) in [5.74, 6) is 1.90. The molecule has 7 aromatic carbocycles. The van der Waals surface area contributed by atoms with E-state index in [9.17, 15) is 0 Å². The third-order valence-electron chi connectivity index (χ3n) is 9.51. The van der Waals surface area contributed by atoms with Crippen LogP contribution in [0.25, 0.3) is 98.4 Å². The molecule has 4 nitrogen and oxygen atoms in total. The molecule has 51 heavy (non-hydrogen) atoms. The molecule has 0 amide bonds. The van der Waals surface area contributed by atoms with Gasteiger partial charge < -0.3 is 0 Å². The topological polar surface area (TPSA) is 51.6 Å². The van der Waals surface area contributed by atoms with Crippen LogP contribution in [-0.4, -0.2) is 19.9 Å². The number of fused-ring (bicyclic) bond motifs is 6. The standard InChI is InChI=1S/C46H28N4S/c1-3-15-30(16-4-1)44-48-45(31-17-5-2-6-18-31)50-46(49-44)33-21-11-20-32(28-33)42-41-37-23-9-10-27-39(37)51-43(41)40-36(25-13-26-38(40)47-42)35-24-12-19-29-14-7-8-22-34(29)35/h1-28H. The Morgan fingerprint density at radius 1 is 0.373 bits per heavy atom. The van der Waals surface area contributed by atoms with Gasteiger partial charge in [0.2, 0.25) is 0 Å². The Labute approximate surface area is 298 Å². The van der Waals surface area contributed by atoms with Gasteiger partial charge in [-0.1, -0.05) is 152 Å². The van der Waals surface area contributed by atoms with Gasteiger partial charge in [-0.15, -0.1) is 11.3 Å². The number of nitrogens with zero attached hydrogens (tertiary/aromatic N) is 4. The first-order valence-electron chi connectivity index (χ1n) is 17.0. The highest BCUT2D eigenvalue weighted by atomic mass is 32.1. The van der Waals surface area contributed by atoms with E-state index in [0.29, 0.717) is 17.5 Å². The number of benzene rings is 7. The van der Waals surface area contributed by atoms with Gasteiger partial charge in [-0.05, 0) is 40.1 Å². The van der Waals surface area contributed by atoms with Gasteiger partial charge in [0.1, 0.15) is 0 Å². The van der Waals surface area contributed by atoms with Crippen LogP contribution in [0.4, 0.5) is 0 Å². The van der Waals surface area contributed by atoms with Crippen molar-refractivity contribution < 1.29 is 0 Å². The minimum absolute atomic E-state index is 0.620. The molecule has 0 saturated carbocycles. The average Bonchev–Trinajstić information content (AvgIpc) is 3.60. The van der Waals surface area contributed by atoms with Gasteiger partial charge in [0.15, 0.2) is 17.5 Å². The molecular weight excluding hydrogens is 641 g/mol. The van der Waals surface area contributed by atoms with Crippen LogP contribution in [0.5, 0.6) is 0 Å². The maximum atomic E-state index is 5.48. The average molecular weight is 669 g/mol. The fourth-order valence-electron chi connectivity index (χ4n) is 7.14. The molecule has 0 bridgehead atoms. The molecular formula is C46H28N4S. The second-order valence-corrected chi connectivity index (χ2v) is 13.7. The lowest BCUT2D eigenvalue weighted by molar-refractivity contribution is 1.07. The smallest absolute Gasteiger partial charge is 0.164 e. The van der Waals surface area contributed by atoms with E-state index in [0.717, 1.165) is 33.5 Å². The van der Waals surface area contributed by atoms with E-state index < -0.39 is 0 Å². The van der Waals surface area contributed by atoms with Crippen LogP contribution in [0, 0.1) is 0 Å². The van der Waals surface area contributed by atoms with Crippen LogP contribution in [0.15, 0.2) is 170 Å². The zero-order valence-corrected chi connectivity index (χ0v) is 28.2. The Bertz CT molecular complexity index is 2850. The molecule has 10 rings (SSSR count). The van der Waals surface area contributed by atoms with Crippen molar-refractivity contribution in [1.29, 1.82) is 0 Å². The summed E-state index contributed by atoms with van der Waals surface area (Å²) in [7, 11) is 0. The quantitative estimate of drug-likeness (QED) is 0.183. The molecule has 5 heteroatoms. The van der Waals surface area contributed by atoms with Crippen molar-refractivity contribution in [1.82, 2.24) is 19.9 Å². The zero-order chi connectivity index (χ0) is 33.7. The molecule has 10 aromatic rings. The van der Waals surface area contributed by atoms with Crippen LogP contribution in [0.1, 0.15) is 0 Å². The van der Waals surface area contributed by atoms with E-state index in [1.807, 2.05) is 72.0 Å². The molecule has 3 aromatic heterocycles. The van der Waals surface area contributed by atoms with Gasteiger partial charge in [-0.25, -0.2) is 19.9 Å². The summed E-state index contributed by atoms with van der Waals surface area (Å²) in [6.07, 6.45) is 0. The Kier molecular flexibility index (Phi) is 6.96. The van der Waals surface area contributed by atoms with E-state index in [2.05, 4.69) is 109 Å². The molecule has 3 heterocycles. The lowest BCUT2D eigenvalue weighted by atomic mass is 9.93. The Morgan fingerprint density at radius 2 is 0.922 bits per heavy atom. The molecule has 0 N–H and O–H groups in total. The van der Waals surface area contributed by atoms with E-state index in [1.165, 1.54) is 47.5 Å². The van der Waals surface area contributed by atoms with Gasteiger partial charge in [0.05, 0.1) is 11.2 Å². The van der Waals surface area contributed by atoms with Crippen molar-refractivity contribution in [2.24, 2.45) is 0 Å². The van der Waals surface area contributed by atoms with Crippen molar-refractivity contribution in [3.05, 3.63) is 170 Å². The van der Waals surface area contributed by atoms with Crippen molar-refractivity contribution in [2.45, 2.75) is 0 Å². The maximum Gasteiger partial charge on any atom is 0.164 e. The highest BCUT2D eigenvalue weighted by Gasteiger charge is 2.20. The summed E-state index contributed by atoms with van der Waals surface area (Å²) >= 11 is 1.84. The largest absolute Gasteiger partial charge is 0.247 e. The summed E-state index contributed by atoms with van der Waals surface area (Å²) in [6, 6.07) is 59.0. The second-order valence-electron chi connectivity index (χ2n) is 12.6. The normalized spacial score (nSPS) is 11.5. The molecule has 238 valence electrons. The summed E-state index contributed by atoms with van der Waals surface area (Å²) in [5, 5.41) is 6.02. The molecule has 0 saturated heterocycles. The monoisotopic (exact) mass is 668 g/mol. The number of pyridine rings is 1. The highest BCUT2D eigenvalue weighted by molar-refractivity contribution is 7.26. The van der Waals surface area contributed by atoms with Crippen LogP contribution in [-0.2, 0) is 0 Å². The van der Waals surface area contributed by atoms with E-state index in [1.54, 1.807) is 0 Å². The summed E-state index contributed by atoms with van der Waals surface area (Å²) < 4.78 is 2.48. The van der Waals surface area contributed by atoms with Crippen molar-refractivity contribution in [3.63, 3.8) is 0 Å². The zero-order valence-electron chi connectivity index (χ0n) is 27.4. The van der Waals surface area contributed by atoms with Gasteiger partial charge in [-0.2, -0.15) is 0 Å². The Balaban J connectivity index is 1.21. The molecule has 0 aliphatic heterocycles. The third kappa shape index (κ3) is 5.06. The second kappa shape index (κ2) is 12.1. The minimum Gasteiger partial charge on any atom is -0.247 e. The van der Waals surface area contributed by atoms with Crippen LogP contribution >= 0.6 is 11.3 Å². The fourth-order valence-corrected chi connectivity index (χ4v) is 8.41. The molecule has 0 atom stereocenters. The molecule has 0 aliphatic rings. The van der Waals surface area contributed by atoms with Gasteiger partial charge in [0.25, 0.3) is 0 Å². The lowest BCUT2D eigenvalue weighted by Crippen LogP contribution is -2.00. The van der Waals surface area contributed by atoms with Gasteiger partial charge in [0, 0.05) is 47.8 Å². The van der Waals surface area contributed by atoms with Gasteiger partial charge >= 0.3 is 0 Å². The van der Waals surface area contributed by atoms with Crippen molar-refractivity contribution >= 4 is 53.2 Å². The first-order chi connectivity index (χ1) is 25.3. The first kappa shape index (κ1) is 29.4. The van der Waals surface area contributed by atoms with Crippen LogP contribution in [0.3, 0.4) is 0 Å². The van der Waals surface area contributed by atoms with E-state index in [-0.39, 0.29) is 0 Å². The summed E-state index contributed by atoms with van der Waals surface area (Å²) in [4.78, 5) is 20.4. The van der Waals surface area contributed by atoms with Crippen molar-refractivity contribution in [2.75, 3.05) is 0 Å². The number of thiophene rings is 1. The SMILES string of the molecule is c1ccc(-c2nc(-c3ccccc3)nc(-c3cccc(-c4nc5cccc(-c6cccc7ccccc67)c5c5sc6ccccc6c45)c3)n2)cc1. The summed E-state index contributed by atoms with van der Waals surface area (Å²) in [5.41, 5.74) is 8.14. The van der Waals surface area contributed by atoms with Crippen LogP contribution in [0.2, 0.25) is 0 Å². The predicted molar refractivity (Wildman–Crippen MR) is 213 cm³/mol. The Hall–Kier alpha value is -6.56. The minimum atomic E-state index is 0.620. The highest BCUT2D eigenvalue weighted by Crippen LogP contribution is 2.46. The van der Waals surface area contributed by atoms with Crippen LogP contribution < -0.4 is 0 Å². The molecule has 0 fully saturated rings. The van der Waals surface area contributed by atoms with E-state index in [4.69, 9.17) is 19.9 Å². The fraction of sp³-hybridized carbons (Fsp3) is 0. The summed E-state index contributed by atoms with van der Waals surface area (Å²) in [6.45, 7) is 0. The van der Waals surface area contributed by atoms with E-state index >= 15 is 0 Å². The molecule has 0 spiro atoms. The predicted octanol–water partition coefficient (Wildman–Crippen LogP) is 12.3. The lowest BCUT2D eigenvalue weighted by Gasteiger charge is -2.14. The molecule has 0 radical (unpaired) electrons. The number of rotatable bonds is 5. The van der Waals surface area contributed by atoms with Gasteiger partial charge in [-0.3, -0.25) is 0 Å². The maximum absolute atomic E-state index is 5.48. The number of hydrogen-bond donors (Lipinski definition) is 0. The first-order valence-corrected chi connectivity index (χ1v) is 17.8. The number of hydrogen-bond acceptors (Lipinski definition) is 5.